The first-order valence-electron chi connectivity index (χ1n) is 5.19. The molecule has 1 rings (SSSR count). The Morgan fingerprint density at radius 1 is 1.47 bits per heavy atom. The average molecular weight is 249 g/mol. The number of methoxy groups -OCH3 is 1. The van der Waals surface area contributed by atoms with Crippen molar-refractivity contribution in [1.82, 2.24) is 0 Å². The van der Waals surface area contributed by atoms with Crippen LogP contribution >= 0.6 is 11.8 Å². The second kappa shape index (κ2) is 7.77. The van der Waals surface area contributed by atoms with Crippen LogP contribution < -0.4 is 5.73 Å². The molecule has 4 heteroatoms. The molecule has 0 aliphatic heterocycles. The normalized spacial score (nSPS) is 11.2. The number of ether oxygens (including phenoxy) is 1. The molecule has 0 radical (unpaired) electrons. The van der Waals surface area contributed by atoms with Crippen LogP contribution in [0.2, 0.25) is 0 Å². The summed E-state index contributed by atoms with van der Waals surface area (Å²) in [5, 5.41) is 0. The lowest BCUT2D eigenvalue weighted by Gasteiger charge is -2.06. The van der Waals surface area contributed by atoms with Gasteiger partial charge in [0.15, 0.2) is 0 Å². The second-order valence-electron chi connectivity index (χ2n) is 3.31. The van der Waals surface area contributed by atoms with Gasteiger partial charge in [-0.15, -0.1) is 11.8 Å². The summed E-state index contributed by atoms with van der Waals surface area (Å²) in [6, 6.07) is 9.20. The number of hydrogen-bond acceptors (Lipinski definition) is 4. The van der Waals surface area contributed by atoms with Crippen LogP contribution in [-0.4, -0.2) is 30.6 Å². The van der Waals surface area contributed by atoms with Crippen molar-refractivity contribution in [3.63, 3.8) is 0 Å². The molecule has 0 bridgehead atoms. The number of carbonyl (C=O) groups is 1. The van der Waals surface area contributed by atoms with E-state index in [1.165, 1.54) is 18.9 Å². The molecule has 1 aromatic carbocycles. The zero-order chi connectivity index (χ0) is 12.5. The van der Waals surface area contributed by atoms with E-state index in [0.29, 0.717) is 11.5 Å². The van der Waals surface area contributed by atoms with Crippen LogP contribution in [0.3, 0.4) is 0 Å². The van der Waals surface area contributed by atoms with E-state index >= 15 is 0 Å². The van der Waals surface area contributed by atoms with Crippen molar-refractivity contribution in [3.8, 4) is 11.8 Å². The molecule has 0 saturated carbocycles. The first-order valence-corrected chi connectivity index (χ1v) is 6.34. The van der Waals surface area contributed by atoms with Gasteiger partial charge in [-0.05, 0) is 12.1 Å². The van der Waals surface area contributed by atoms with Crippen molar-refractivity contribution in [1.29, 1.82) is 0 Å². The lowest BCUT2D eigenvalue weighted by molar-refractivity contribution is -0.141. The van der Waals surface area contributed by atoms with Crippen molar-refractivity contribution in [2.75, 3.05) is 18.6 Å². The lowest BCUT2D eigenvalue weighted by Crippen LogP contribution is -2.33. The van der Waals surface area contributed by atoms with Gasteiger partial charge < -0.3 is 10.5 Å². The standard InChI is InChI=1S/C13H15NO2S/c1-16-13(15)12(14)10-17-9-5-8-11-6-3-2-4-7-11/h2-4,6-7,12H,9-10,14H2,1H3. The molecule has 0 heterocycles. The number of nitrogens with two attached hydrogens (primary N) is 1. The minimum Gasteiger partial charge on any atom is -0.468 e. The number of esters is 1. The zero-order valence-corrected chi connectivity index (χ0v) is 10.5. The van der Waals surface area contributed by atoms with Crippen molar-refractivity contribution >= 4 is 17.7 Å². The van der Waals surface area contributed by atoms with Crippen LogP contribution in [0.25, 0.3) is 0 Å². The Kier molecular flexibility index (Phi) is 6.23. The van der Waals surface area contributed by atoms with E-state index in [0.717, 1.165) is 5.56 Å². The smallest absolute Gasteiger partial charge is 0.323 e. The van der Waals surface area contributed by atoms with Gasteiger partial charge in [-0.1, -0.05) is 30.0 Å². The second-order valence-corrected chi connectivity index (χ2v) is 4.34. The van der Waals surface area contributed by atoms with Crippen molar-refractivity contribution in [3.05, 3.63) is 35.9 Å². The van der Waals surface area contributed by atoms with Gasteiger partial charge in [0.2, 0.25) is 0 Å². The monoisotopic (exact) mass is 249 g/mol. The Labute approximate surface area is 106 Å². The van der Waals surface area contributed by atoms with Crippen LogP contribution in [0, 0.1) is 11.8 Å². The van der Waals surface area contributed by atoms with Gasteiger partial charge in [0, 0.05) is 11.3 Å². The van der Waals surface area contributed by atoms with Crippen LogP contribution in [0.1, 0.15) is 5.56 Å². The molecular weight excluding hydrogens is 234 g/mol. The maximum Gasteiger partial charge on any atom is 0.323 e. The van der Waals surface area contributed by atoms with E-state index in [2.05, 4.69) is 16.6 Å². The fourth-order valence-electron chi connectivity index (χ4n) is 1.12. The lowest BCUT2D eigenvalue weighted by atomic mass is 10.2. The van der Waals surface area contributed by atoms with Gasteiger partial charge in [0.25, 0.3) is 0 Å². The summed E-state index contributed by atoms with van der Waals surface area (Å²) in [5.41, 5.74) is 6.57. The van der Waals surface area contributed by atoms with E-state index in [-0.39, 0.29) is 5.97 Å². The molecule has 3 nitrogen and oxygen atoms in total. The zero-order valence-electron chi connectivity index (χ0n) is 9.68. The van der Waals surface area contributed by atoms with Gasteiger partial charge in [0.1, 0.15) is 6.04 Å². The van der Waals surface area contributed by atoms with Gasteiger partial charge in [-0.2, -0.15) is 0 Å². The maximum absolute atomic E-state index is 11.0. The predicted molar refractivity (Wildman–Crippen MR) is 70.6 cm³/mol. The number of rotatable bonds is 4. The van der Waals surface area contributed by atoms with E-state index in [1.807, 2.05) is 30.3 Å². The molecule has 0 fully saturated rings. The highest BCUT2D eigenvalue weighted by molar-refractivity contribution is 7.99. The number of carbonyl (C=O) groups excluding carboxylic acids is 1. The summed E-state index contributed by atoms with van der Waals surface area (Å²) in [6.07, 6.45) is 0. The van der Waals surface area contributed by atoms with Gasteiger partial charge >= 0.3 is 5.97 Å². The third-order valence-electron chi connectivity index (χ3n) is 1.98. The first kappa shape index (κ1) is 13.6. The minimum atomic E-state index is -0.566. The Balaban J connectivity index is 2.25. The summed E-state index contributed by atoms with van der Waals surface area (Å²) in [7, 11) is 1.34. The molecule has 2 N–H and O–H groups in total. The Morgan fingerprint density at radius 2 is 2.18 bits per heavy atom. The molecule has 0 aliphatic carbocycles. The molecule has 1 unspecified atom stereocenters. The van der Waals surface area contributed by atoms with Crippen LogP contribution in [-0.2, 0) is 9.53 Å². The SMILES string of the molecule is COC(=O)C(N)CSCC#Cc1ccccc1. The largest absolute Gasteiger partial charge is 0.468 e. The molecule has 1 atom stereocenters. The van der Waals surface area contributed by atoms with Crippen molar-refractivity contribution < 1.29 is 9.53 Å². The predicted octanol–water partition coefficient (Wildman–Crippen LogP) is 1.27. The summed E-state index contributed by atoms with van der Waals surface area (Å²) < 4.78 is 4.53. The molecule has 0 saturated heterocycles. The van der Waals surface area contributed by atoms with Crippen molar-refractivity contribution in [2.45, 2.75) is 6.04 Å². The average Bonchev–Trinajstić information content (AvgIpc) is 2.38. The molecule has 90 valence electrons. The molecule has 0 spiro atoms. The van der Waals surface area contributed by atoms with Gasteiger partial charge in [0.05, 0.1) is 12.9 Å². The summed E-state index contributed by atoms with van der Waals surface area (Å²) in [5.74, 6) is 6.85. The highest BCUT2D eigenvalue weighted by atomic mass is 32.2. The number of thioether (sulfide) groups is 1. The molecule has 17 heavy (non-hydrogen) atoms. The third-order valence-corrected chi connectivity index (χ3v) is 2.93. The van der Waals surface area contributed by atoms with Crippen LogP contribution in [0.5, 0.6) is 0 Å². The van der Waals surface area contributed by atoms with Gasteiger partial charge in [-0.3, -0.25) is 4.79 Å². The quantitative estimate of drug-likeness (QED) is 0.496. The van der Waals surface area contributed by atoms with E-state index in [4.69, 9.17) is 5.73 Å². The summed E-state index contributed by atoms with van der Waals surface area (Å²) in [6.45, 7) is 0. The molecule has 1 aromatic rings. The fraction of sp³-hybridized carbons (Fsp3) is 0.308. The van der Waals surface area contributed by atoms with Crippen LogP contribution in [0.15, 0.2) is 30.3 Å². The van der Waals surface area contributed by atoms with Gasteiger partial charge in [-0.25, -0.2) is 0 Å². The fourth-order valence-corrected chi connectivity index (χ4v) is 1.80. The Hall–Kier alpha value is -1.44. The number of hydrogen-bond donors (Lipinski definition) is 1. The van der Waals surface area contributed by atoms with Crippen molar-refractivity contribution in [2.24, 2.45) is 5.73 Å². The highest BCUT2D eigenvalue weighted by Gasteiger charge is 2.12. The molecular formula is C13H15NO2S. The maximum atomic E-state index is 11.0. The van der Waals surface area contributed by atoms with Crippen LogP contribution in [0.4, 0.5) is 0 Å². The highest BCUT2D eigenvalue weighted by Crippen LogP contribution is 2.02. The van der Waals surface area contributed by atoms with E-state index < -0.39 is 6.04 Å². The summed E-state index contributed by atoms with van der Waals surface area (Å²) in [4.78, 5) is 11.0. The van der Waals surface area contributed by atoms with E-state index in [9.17, 15) is 4.79 Å². The molecule has 0 aromatic heterocycles. The third kappa shape index (κ3) is 5.43. The van der Waals surface area contributed by atoms with E-state index in [1.54, 1.807) is 0 Å². The first-order chi connectivity index (χ1) is 8.24. The number of benzene rings is 1. The molecule has 0 aliphatic rings. The summed E-state index contributed by atoms with van der Waals surface area (Å²) >= 11 is 1.52. The molecule has 0 amide bonds. The topological polar surface area (TPSA) is 52.3 Å². The minimum absolute atomic E-state index is 0.381. The Morgan fingerprint density at radius 3 is 2.82 bits per heavy atom. The Bertz CT molecular complexity index is 408.